The van der Waals surface area contributed by atoms with E-state index in [1.54, 1.807) is 12.1 Å². The van der Waals surface area contributed by atoms with Gasteiger partial charge < -0.3 is 10.2 Å². The molecule has 0 radical (unpaired) electrons. The summed E-state index contributed by atoms with van der Waals surface area (Å²) in [6.45, 7) is 6.91. The van der Waals surface area contributed by atoms with E-state index in [2.05, 4.69) is 21.9 Å². The highest BCUT2D eigenvalue weighted by Gasteiger charge is 2.23. The van der Waals surface area contributed by atoms with Crippen molar-refractivity contribution < 1.29 is 13.2 Å². The van der Waals surface area contributed by atoms with Crippen LogP contribution in [0.5, 0.6) is 0 Å². The largest absolute Gasteiger partial charge is 0.326 e. The zero-order valence-electron chi connectivity index (χ0n) is 13.0. The molecule has 1 atom stereocenters. The molecule has 6 nitrogen and oxygen atoms in total. The summed E-state index contributed by atoms with van der Waals surface area (Å²) in [5, 5.41) is 2.59. The van der Waals surface area contributed by atoms with Crippen molar-refractivity contribution in [1.82, 2.24) is 9.62 Å². The Kier molecular flexibility index (Phi) is 5.55. The number of carbonyl (C=O) groups is 1. The van der Waals surface area contributed by atoms with Crippen molar-refractivity contribution in [2.24, 2.45) is 5.92 Å². The molecule has 122 valence electrons. The van der Waals surface area contributed by atoms with Crippen LogP contribution in [0.3, 0.4) is 0 Å². The average Bonchev–Trinajstić information content (AvgIpc) is 2.93. The molecular weight excluding hydrogens is 302 g/mol. The Balaban J connectivity index is 1.99. The molecule has 1 amide bonds. The summed E-state index contributed by atoms with van der Waals surface area (Å²) in [6.07, 6.45) is 1.02. The van der Waals surface area contributed by atoms with Gasteiger partial charge in [-0.15, -0.1) is 0 Å². The van der Waals surface area contributed by atoms with Crippen LogP contribution < -0.4 is 10.0 Å². The fourth-order valence-corrected chi connectivity index (χ4v) is 3.78. The lowest BCUT2D eigenvalue weighted by Gasteiger charge is -2.14. The second kappa shape index (κ2) is 7.21. The second-order valence-electron chi connectivity index (χ2n) is 5.61. The summed E-state index contributed by atoms with van der Waals surface area (Å²) in [5.41, 5.74) is 0.480. The van der Waals surface area contributed by atoms with Crippen LogP contribution in [0.2, 0.25) is 0 Å². The van der Waals surface area contributed by atoms with Gasteiger partial charge in [0.25, 0.3) is 0 Å². The summed E-state index contributed by atoms with van der Waals surface area (Å²) in [6, 6.07) is 6.28. The molecule has 1 aromatic rings. The number of hydrogen-bond donors (Lipinski definition) is 2. The van der Waals surface area contributed by atoms with E-state index in [0.29, 0.717) is 18.2 Å². The lowest BCUT2D eigenvalue weighted by atomic mass is 10.1. The Bertz CT molecular complexity index is 631. The van der Waals surface area contributed by atoms with Crippen molar-refractivity contribution in [2.75, 3.05) is 31.5 Å². The summed E-state index contributed by atoms with van der Waals surface area (Å²) < 4.78 is 27.4. The number of amides is 1. The number of rotatable bonds is 6. The van der Waals surface area contributed by atoms with E-state index >= 15 is 0 Å². The number of sulfonamides is 1. The minimum Gasteiger partial charge on any atom is -0.326 e. The third-order valence-corrected chi connectivity index (χ3v) is 5.27. The van der Waals surface area contributed by atoms with Gasteiger partial charge in [0.1, 0.15) is 0 Å². The minimum absolute atomic E-state index is 0.170. The fourth-order valence-electron chi connectivity index (χ4n) is 2.62. The van der Waals surface area contributed by atoms with Crippen LogP contribution in [-0.4, -0.2) is 45.4 Å². The van der Waals surface area contributed by atoms with Crippen molar-refractivity contribution in [3.63, 3.8) is 0 Å². The number of likely N-dealkylation sites (tertiary alicyclic amines) is 1. The van der Waals surface area contributed by atoms with Gasteiger partial charge in [-0.1, -0.05) is 13.0 Å². The molecule has 0 aliphatic carbocycles. The SMILES string of the molecule is CCN1CCC(CNS(=O)(=O)c2cccc(NC(C)=O)c2)C1. The lowest BCUT2D eigenvalue weighted by molar-refractivity contribution is -0.114. The smallest absolute Gasteiger partial charge is 0.240 e. The van der Waals surface area contributed by atoms with Gasteiger partial charge in [-0.3, -0.25) is 4.79 Å². The van der Waals surface area contributed by atoms with E-state index in [0.717, 1.165) is 26.1 Å². The number of benzene rings is 1. The van der Waals surface area contributed by atoms with Gasteiger partial charge in [0.15, 0.2) is 0 Å². The third-order valence-electron chi connectivity index (χ3n) is 3.84. The van der Waals surface area contributed by atoms with Crippen molar-refractivity contribution in [3.05, 3.63) is 24.3 Å². The molecule has 7 heteroatoms. The van der Waals surface area contributed by atoms with Crippen LogP contribution in [-0.2, 0) is 14.8 Å². The van der Waals surface area contributed by atoms with Gasteiger partial charge in [0.2, 0.25) is 15.9 Å². The topological polar surface area (TPSA) is 78.5 Å². The highest BCUT2D eigenvalue weighted by Crippen LogP contribution is 2.18. The van der Waals surface area contributed by atoms with Gasteiger partial charge in [0.05, 0.1) is 4.90 Å². The van der Waals surface area contributed by atoms with Crippen molar-refractivity contribution in [1.29, 1.82) is 0 Å². The molecule has 0 spiro atoms. The normalized spacial score (nSPS) is 19.3. The Morgan fingerprint density at radius 3 is 2.82 bits per heavy atom. The van der Waals surface area contributed by atoms with E-state index in [4.69, 9.17) is 0 Å². The molecule has 1 fully saturated rings. The maximum atomic E-state index is 12.3. The number of nitrogens with one attached hydrogen (secondary N) is 2. The van der Waals surface area contributed by atoms with Gasteiger partial charge in [-0.2, -0.15) is 0 Å². The Hall–Kier alpha value is -1.44. The van der Waals surface area contributed by atoms with Crippen LogP contribution in [0, 0.1) is 5.92 Å². The highest BCUT2D eigenvalue weighted by atomic mass is 32.2. The first-order valence-electron chi connectivity index (χ1n) is 7.50. The molecule has 1 aliphatic heterocycles. The maximum Gasteiger partial charge on any atom is 0.240 e. The molecule has 2 N–H and O–H groups in total. The van der Waals surface area contributed by atoms with Crippen LogP contribution in [0.4, 0.5) is 5.69 Å². The molecule has 1 heterocycles. The first kappa shape index (κ1) is 16.9. The fraction of sp³-hybridized carbons (Fsp3) is 0.533. The van der Waals surface area contributed by atoms with Crippen molar-refractivity contribution >= 4 is 21.6 Å². The Labute approximate surface area is 131 Å². The Morgan fingerprint density at radius 1 is 1.41 bits per heavy atom. The number of carbonyl (C=O) groups excluding carboxylic acids is 1. The Morgan fingerprint density at radius 2 is 2.18 bits per heavy atom. The van der Waals surface area contributed by atoms with E-state index in [9.17, 15) is 13.2 Å². The number of nitrogens with zero attached hydrogens (tertiary/aromatic N) is 1. The molecule has 1 unspecified atom stereocenters. The van der Waals surface area contributed by atoms with Gasteiger partial charge in [-0.05, 0) is 43.6 Å². The van der Waals surface area contributed by atoms with E-state index < -0.39 is 10.0 Å². The zero-order valence-corrected chi connectivity index (χ0v) is 13.8. The van der Waals surface area contributed by atoms with Crippen LogP contribution in [0.25, 0.3) is 0 Å². The quantitative estimate of drug-likeness (QED) is 0.825. The third kappa shape index (κ3) is 4.53. The van der Waals surface area contributed by atoms with Crippen LogP contribution in [0.1, 0.15) is 20.3 Å². The number of hydrogen-bond acceptors (Lipinski definition) is 4. The van der Waals surface area contributed by atoms with Gasteiger partial charge in [-0.25, -0.2) is 13.1 Å². The molecule has 0 aromatic heterocycles. The summed E-state index contributed by atoms with van der Waals surface area (Å²) in [7, 11) is -3.55. The molecule has 1 aromatic carbocycles. The maximum absolute atomic E-state index is 12.3. The monoisotopic (exact) mass is 325 g/mol. The standard InChI is InChI=1S/C15H23N3O3S/c1-3-18-8-7-13(11-18)10-16-22(20,21)15-6-4-5-14(9-15)17-12(2)19/h4-6,9,13,16H,3,7-8,10-11H2,1-2H3,(H,17,19). The molecule has 0 bridgehead atoms. The van der Waals surface area contributed by atoms with Crippen LogP contribution >= 0.6 is 0 Å². The predicted octanol–water partition coefficient (Wildman–Crippen LogP) is 1.27. The summed E-state index contributed by atoms with van der Waals surface area (Å²) in [5.74, 6) is 0.126. The second-order valence-corrected chi connectivity index (χ2v) is 7.38. The van der Waals surface area contributed by atoms with Crippen molar-refractivity contribution in [2.45, 2.75) is 25.2 Å². The minimum atomic E-state index is -3.55. The molecule has 22 heavy (non-hydrogen) atoms. The molecule has 2 rings (SSSR count). The first-order valence-corrected chi connectivity index (χ1v) is 8.98. The number of anilines is 1. The average molecular weight is 325 g/mol. The van der Waals surface area contributed by atoms with Crippen LogP contribution in [0.15, 0.2) is 29.2 Å². The zero-order chi connectivity index (χ0) is 16.2. The highest BCUT2D eigenvalue weighted by molar-refractivity contribution is 7.89. The molecule has 1 saturated heterocycles. The molecule has 0 saturated carbocycles. The van der Waals surface area contributed by atoms with E-state index in [-0.39, 0.29) is 10.8 Å². The van der Waals surface area contributed by atoms with Gasteiger partial charge >= 0.3 is 0 Å². The molecule has 1 aliphatic rings. The van der Waals surface area contributed by atoms with Gasteiger partial charge in [0, 0.05) is 25.7 Å². The summed E-state index contributed by atoms with van der Waals surface area (Å²) >= 11 is 0. The lowest BCUT2D eigenvalue weighted by Crippen LogP contribution is -2.31. The summed E-state index contributed by atoms with van der Waals surface area (Å²) in [4.78, 5) is 13.5. The van der Waals surface area contributed by atoms with Crippen molar-refractivity contribution in [3.8, 4) is 0 Å². The predicted molar refractivity (Wildman–Crippen MR) is 86.2 cm³/mol. The first-order chi connectivity index (χ1) is 10.4. The molecular formula is C15H23N3O3S. The van der Waals surface area contributed by atoms with E-state index in [1.165, 1.54) is 19.1 Å². The van der Waals surface area contributed by atoms with E-state index in [1.807, 2.05) is 0 Å².